The van der Waals surface area contributed by atoms with E-state index in [2.05, 4.69) is 10.3 Å². The number of halogens is 5. The molecule has 2 amide bonds. The van der Waals surface area contributed by atoms with E-state index in [0.29, 0.717) is 4.88 Å². The molecule has 3 aromatic rings. The zero-order valence-corrected chi connectivity index (χ0v) is 18.3. The lowest BCUT2D eigenvalue weighted by atomic mass is 10.0. The fourth-order valence-electron chi connectivity index (χ4n) is 3.73. The van der Waals surface area contributed by atoms with Gasteiger partial charge in [0.05, 0.1) is 23.4 Å². The third kappa shape index (κ3) is 5.11. The minimum Gasteiger partial charge on any atom is -0.465 e. The molecule has 3 heterocycles. The van der Waals surface area contributed by atoms with Crippen LogP contribution in [-0.2, 0) is 12.7 Å². The summed E-state index contributed by atoms with van der Waals surface area (Å²) in [6.07, 6.45) is -5.56. The van der Waals surface area contributed by atoms with E-state index in [1.165, 1.54) is 35.4 Å². The number of likely N-dealkylation sites (tertiary alicyclic amines) is 1. The molecule has 0 bridgehead atoms. The van der Waals surface area contributed by atoms with Crippen molar-refractivity contribution in [3.8, 4) is 11.3 Å². The first-order valence-corrected chi connectivity index (χ1v) is 11.0. The molecule has 4 rings (SSSR count). The smallest absolute Gasteiger partial charge is 0.417 e. The van der Waals surface area contributed by atoms with Crippen LogP contribution in [0.4, 0.5) is 26.7 Å². The van der Waals surface area contributed by atoms with E-state index >= 15 is 0 Å². The van der Waals surface area contributed by atoms with Crippen LogP contribution in [0.25, 0.3) is 21.3 Å². The van der Waals surface area contributed by atoms with Crippen molar-refractivity contribution < 1.29 is 36.6 Å². The van der Waals surface area contributed by atoms with Crippen LogP contribution in [0.15, 0.2) is 36.5 Å². The van der Waals surface area contributed by atoms with Crippen molar-refractivity contribution in [2.24, 2.45) is 0 Å². The summed E-state index contributed by atoms with van der Waals surface area (Å²) in [6.45, 7) is -0.300. The van der Waals surface area contributed by atoms with Gasteiger partial charge in [0.1, 0.15) is 0 Å². The maximum atomic E-state index is 13.7. The van der Waals surface area contributed by atoms with Gasteiger partial charge in [-0.15, -0.1) is 11.3 Å². The summed E-state index contributed by atoms with van der Waals surface area (Å²) in [7, 11) is 0. The van der Waals surface area contributed by atoms with E-state index in [0.717, 1.165) is 17.4 Å². The van der Waals surface area contributed by atoms with Crippen molar-refractivity contribution in [3.63, 3.8) is 0 Å². The van der Waals surface area contributed by atoms with Crippen LogP contribution in [-0.4, -0.2) is 46.0 Å². The summed E-state index contributed by atoms with van der Waals surface area (Å²) in [4.78, 5) is 29.1. The first-order chi connectivity index (χ1) is 15.9. The minimum absolute atomic E-state index is 0.0212. The maximum Gasteiger partial charge on any atom is 0.417 e. The number of carbonyl (C=O) groups is 2. The molecule has 1 fully saturated rings. The second-order valence-corrected chi connectivity index (χ2v) is 9.03. The number of benzene rings is 1. The van der Waals surface area contributed by atoms with E-state index in [1.807, 2.05) is 0 Å². The third-order valence-electron chi connectivity index (χ3n) is 5.47. The van der Waals surface area contributed by atoms with E-state index in [4.69, 9.17) is 5.11 Å². The zero-order valence-electron chi connectivity index (χ0n) is 17.5. The Balaban J connectivity index is 1.62. The van der Waals surface area contributed by atoms with Gasteiger partial charge in [0.2, 0.25) is 0 Å². The van der Waals surface area contributed by atoms with Crippen LogP contribution in [0.1, 0.15) is 33.6 Å². The number of pyridine rings is 1. The number of piperidine rings is 1. The lowest BCUT2D eigenvalue weighted by Crippen LogP contribution is -2.42. The Morgan fingerprint density at radius 1 is 1.15 bits per heavy atom. The lowest BCUT2D eigenvalue weighted by Gasteiger charge is -2.31. The SMILES string of the molecule is O=C(O)NCc1cc2cc(-c3ccc(C(=O)N4CCC(F)(F)CC4)cn3)cc(C(F)(F)F)c2s1. The molecule has 0 atom stereocenters. The summed E-state index contributed by atoms with van der Waals surface area (Å²) < 4.78 is 67.9. The Kier molecular flexibility index (Phi) is 6.19. The van der Waals surface area contributed by atoms with Crippen molar-refractivity contribution in [1.82, 2.24) is 15.2 Å². The molecule has 0 spiro atoms. The second-order valence-electron chi connectivity index (χ2n) is 7.89. The number of carboxylic acid groups (broad SMARTS) is 1. The molecule has 1 aliphatic heterocycles. The van der Waals surface area contributed by atoms with Crippen molar-refractivity contribution in [2.75, 3.05) is 13.1 Å². The molecule has 0 aliphatic carbocycles. The van der Waals surface area contributed by atoms with Crippen LogP contribution in [0.5, 0.6) is 0 Å². The molecule has 0 saturated carbocycles. The van der Waals surface area contributed by atoms with Gasteiger partial charge in [0.15, 0.2) is 0 Å². The molecule has 1 saturated heterocycles. The first-order valence-electron chi connectivity index (χ1n) is 10.2. The molecule has 1 aromatic carbocycles. The molecule has 2 aromatic heterocycles. The van der Waals surface area contributed by atoms with E-state index in [-0.39, 0.29) is 46.5 Å². The van der Waals surface area contributed by atoms with Gasteiger partial charge in [-0.2, -0.15) is 13.2 Å². The number of thiophene rings is 1. The van der Waals surface area contributed by atoms with Crippen molar-refractivity contribution in [3.05, 3.63) is 52.5 Å². The quantitative estimate of drug-likeness (QED) is 0.457. The average molecular weight is 499 g/mol. The lowest BCUT2D eigenvalue weighted by molar-refractivity contribution is -0.136. The third-order valence-corrected chi connectivity index (χ3v) is 6.66. The molecule has 34 heavy (non-hydrogen) atoms. The van der Waals surface area contributed by atoms with E-state index < -0.39 is 42.5 Å². The number of aromatic nitrogens is 1. The Hall–Kier alpha value is -3.28. The maximum absolute atomic E-state index is 13.7. The molecule has 2 N–H and O–H groups in total. The number of fused-ring (bicyclic) bond motifs is 1. The Morgan fingerprint density at radius 2 is 1.85 bits per heavy atom. The zero-order chi connectivity index (χ0) is 24.7. The summed E-state index contributed by atoms with van der Waals surface area (Å²) in [5, 5.41) is 11.2. The van der Waals surface area contributed by atoms with Gasteiger partial charge in [-0.1, -0.05) is 0 Å². The number of amides is 2. The number of hydrogen-bond donors (Lipinski definition) is 2. The molecule has 0 unspecified atom stereocenters. The van der Waals surface area contributed by atoms with Gasteiger partial charge < -0.3 is 15.3 Å². The van der Waals surface area contributed by atoms with Gasteiger partial charge >= 0.3 is 12.3 Å². The fraction of sp³-hybridized carbons (Fsp3) is 0.318. The Morgan fingerprint density at radius 3 is 2.44 bits per heavy atom. The monoisotopic (exact) mass is 499 g/mol. The number of carbonyl (C=O) groups excluding carboxylic acids is 1. The van der Waals surface area contributed by atoms with Crippen LogP contribution >= 0.6 is 11.3 Å². The summed E-state index contributed by atoms with van der Waals surface area (Å²) >= 11 is 0.849. The molecular formula is C22H18F5N3O3S. The Bertz CT molecular complexity index is 1230. The topological polar surface area (TPSA) is 82.5 Å². The normalized spacial score (nSPS) is 16.0. The first kappa shape index (κ1) is 23.9. The molecule has 180 valence electrons. The highest BCUT2D eigenvalue weighted by Crippen LogP contribution is 2.41. The highest BCUT2D eigenvalue weighted by Gasteiger charge is 2.36. The van der Waals surface area contributed by atoms with Crippen LogP contribution in [0.3, 0.4) is 0 Å². The number of nitrogens with zero attached hydrogens (tertiary/aromatic N) is 2. The standard InChI is InChI=1S/C22H18F5N3O3S/c23-21(24)3-5-30(6-4-21)19(31)12-1-2-17(28-10-12)13-7-14-8-15(11-29-20(32)33)34-18(14)16(9-13)22(25,26)27/h1-2,7-10,29H,3-6,11H2,(H,32,33). The van der Waals surface area contributed by atoms with Crippen molar-refractivity contribution >= 4 is 33.4 Å². The fourth-order valence-corrected chi connectivity index (χ4v) is 4.84. The number of rotatable bonds is 4. The average Bonchev–Trinajstić information content (AvgIpc) is 3.19. The van der Waals surface area contributed by atoms with Crippen LogP contribution in [0, 0.1) is 0 Å². The van der Waals surface area contributed by atoms with Gasteiger partial charge in [-0.3, -0.25) is 9.78 Å². The van der Waals surface area contributed by atoms with E-state index in [1.54, 1.807) is 0 Å². The molecule has 1 aliphatic rings. The molecule has 6 nitrogen and oxygen atoms in total. The van der Waals surface area contributed by atoms with Gasteiger partial charge in [0, 0.05) is 47.3 Å². The number of nitrogens with one attached hydrogen (secondary N) is 1. The number of alkyl halides is 5. The van der Waals surface area contributed by atoms with Crippen molar-refractivity contribution in [2.45, 2.75) is 31.5 Å². The summed E-state index contributed by atoms with van der Waals surface area (Å²) in [6, 6.07) is 6.78. The highest BCUT2D eigenvalue weighted by atomic mass is 32.1. The van der Waals surface area contributed by atoms with Crippen LogP contribution < -0.4 is 5.32 Å². The molecule has 12 heteroatoms. The van der Waals surface area contributed by atoms with Gasteiger partial charge in [-0.25, -0.2) is 13.6 Å². The van der Waals surface area contributed by atoms with E-state index in [9.17, 15) is 31.5 Å². The predicted molar refractivity (Wildman–Crippen MR) is 115 cm³/mol. The van der Waals surface area contributed by atoms with Crippen molar-refractivity contribution in [1.29, 1.82) is 0 Å². The number of hydrogen-bond acceptors (Lipinski definition) is 4. The summed E-state index contributed by atoms with van der Waals surface area (Å²) in [5.41, 5.74) is -0.344. The largest absolute Gasteiger partial charge is 0.465 e. The molecule has 0 radical (unpaired) electrons. The summed E-state index contributed by atoms with van der Waals surface area (Å²) in [5.74, 6) is -3.26. The molecular weight excluding hydrogens is 481 g/mol. The predicted octanol–water partition coefficient (Wildman–Crippen LogP) is 5.62. The minimum atomic E-state index is -4.65. The van der Waals surface area contributed by atoms with Gasteiger partial charge in [0.25, 0.3) is 11.8 Å². The van der Waals surface area contributed by atoms with Gasteiger partial charge in [-0.05, 0) is 35.7 Å². The van der Waals surface area contributed by atoms with Crippen LogP contribution in [0.2, 0.25) is 0 Å². The Labute approximate surface area is 194 Å². The highest BCUT2D eigenvalue weighted by molar-refractivity contribution is 7.19. The second kappa shape index (κ2) is 8.82.